The summed E-state index contributed by atoms with van der Waals surface area (Å²) in [6.45, 7) is 2.84. The van der Waals surface area contributed by atoms with Crippen LogP contribution in [0.5, 0.6) is 5.88 Å². The third-order valence-corrected chi connectivity index (χ3v) is 5.92. The molecule has 0 radical (unpaired) electrons. The smallest absolute Gasteiger partial charge is 0.246 e. The van der Waals surface area contributed by atoms with E-state index in [9.17, 15) is 9.59 Å². The number of aromatic nitrogens is 3. The SMILES string of the molecule is COc1cccc(Nc2ncc(C#CCCCNC(=O)[C@H](C)N(C)C(=O)/C=C/CN(C)C)c(NC3CC3)n2)n1. The molecule has 2 heterocycles. The maximum atomic E-state index is 12.5. The Kier molecular flexibility index (Phi) is 11.1. The van der Waals surface area contributed by atoms with E-state index >= 15 is 0 Å². The standard InChI is InChI=1S/C28H38N8O3/c1-20(36(4)25(37)14-10-18-35(2)3)27(38)29-17-8-6-7-11-21-19-30-28(34-26(21)31-22-15-16-22)33-23-12-9-13-24(32-23)39-5/h9-10,12-14,19-20,22H,6,8,15-18H2,1-5H3,(H,29,38)(H2,30,31,32,33,34)/b14-10+/t20-/m0/s1. The van der Waals surface area contributed by atoms with Gasteiger partial charge in [-0.3, -0.25) is 9.59 Å². The van der Waals surface area contributed by atoms with E-state index in [0.717, 1.165) is 12.8 Å². The Labute approximate surface area is 230 Å². The zero-order chi connectivity index (χ0) is 28.2. The van der Waals surface area contributed by atoms with Crippen LogP contribution in [0.15, 0.2) is 36.5 Å². The van der Waals surface area contributed by atoms with Gasteiger partial charge in [0.05, 0.1) is 18.9 Å². The molecule has 0 aliphatic heterocycles. The fraction of sp³-hybridized carbons (Fsp3) is 0.464. The van der Waals surface area contributed by atoms with Crippen LogP contribution in [-0.4, -0.2) is 90.0 Å². The highest BCUT2D eigenvalue weighted by Gasteiger charge is 2.23. The summed E-state index contributed by atoms with van der Waals surface area (Å²) in [7, 11) is 7.04. The van der Waals surface area contributed by atoms with Gasteiger partial charge in [-0.05, 0) is 46.3 Å². The van der Waals surface area contributed by atoms with Gasteiger partial charge in [0.15, 0.2) is 0 Å². The van der Waals surface area contributed by atoms with E-state index in [0.29, 0.717) is 61.0 Å². The zero-order valence-corrected chi connectivity index (χ0v) is 23.3. The molecule has 0 unspecified atom stereocenters. The molecule has 0 aromatic carbocycles. The second-order valence-corrected chi connectivity index (χ2v) is 9.55. The van der Waals surface area contributed by atoms with Crippen molar-refractivity contribution in [3.05, 3.63) is 42.1 Å². The van der Waals surface area contributed by atoms with Crippen LogP contribution in [0.3, 0.4) is 0 Å². The van der Waals surface area contributed by atoms with Crippen molar-refractivity contribution >= 4 is 29.4 Å². The summed E-state index contributed by atoms with van der Waals surface area (Å²) < 4.78 is 5.17. The number of hydrogen-bond acceptors (Lipinski definition) is 9. The van der Waals surface area contributed by atoms with Gasteiger partial charge in [0, 0.05) is 44.7 Å². The number of nitrogens with zero attached hydrogens (tertiary/aromatic N) is 5. The Balaban J connectivity index is 1.49. The minimum atomic E-state index is -0.569. The van der Waals surface area contributed by atoms with Crippen LogP contribution in [0.4, 0.5) is 17.6 Å². The van der Waals surface area contributed by atoms with Gasteiger partial charge in [0.1, 0.15) is 17.7 Å². The number of amides is 2. The van der Waals surface area contributed by atoms with E-state index in [2.05, 4.69) is 42.7 Å². The van der Waals surface area contributed by atoms with Crippen LogP contribution < -0.4 is 20.7 Å². The monoisotopic (exact) mass is 534 g/mol. The predicted octanol–water partition coefficient (Wildman–Crippen LogP) is 2.41. The Morgan fingerprint density at radius 3 is 2.74 bits per heavy atom. The molecule has 3 N–H and O–H groups in total. The number of nitrogens with one attached hydrogen (secondary N) is 3. The first-order valence-electron chi connectivity index (χ1n) is 13.0. The van der Waals surface area contributed by atoms with Gasteiger partial charge in [-0.2, -0.15) is 9.97 Å². The first kappa shape index (κ1) is 29.4. The van der Waals surface area contributed by atoms with Crippen LogP contribution in [0.25, 0.3) is 0 Å². The van der Waals surface area contributed by atoms with Crippen LogP contribution in [0.2, 0.25) is 0 Å². The van der Waals surface area contributed by atoms with E-state index in [1.807, 2.05) is 31.1 Å². The van der Waals surface area contributed by atoms with Crippen molar-refractivity contribution in [1.29, 1.82) is 0 Å². The molecule has 0 bridgehead atoms. The first-order valence-corrected chi connectivity index (χ1v) is 13.0. The van der Waals surface area contributed by atoms with Gasteiger partial charge in [0.2, 0.25) is 23.6 Å². The molecule has 1 aliphatic rings. The van der Waals surface area contributed by atoms with Crippen LogP contribution in [-0.2, 0) is 9.59 Å². The maximum Gasteiger partial charge on any atom is 0.246 e. The summed E-state index contributed by atoms with van der Waals surface area (Å²) in [5, 5.41) is 9.40. The Morgan fingerprint density at radius 2 is 2.03 bits per heavy atom. The lowest BCUT2D eigenvalue weighted by Gasteiger charge is -2.23. The van der Waals surface area contributed by atoms with E-state index in [1.165, 1.54) is 11.0 Å². The second kappa shape index (κ2) is 14.7. The maximum absolute atomic E-state index is 12.5. The van der Waals surface area contributed by atoms with Gasteiger partial charge >= 0.3 is 0 Å². The van der Waals surface area contributed by atoms with Crippen molar-refractivity contribution in [3.8, 4) is 17.7 Å². The molecule has 11 nitrogen and oxygen atoms in total. The molecule has 39 heavy (non-hydrogen) atoms. The lowest BCUT2D eigenvalue weighted by molar-refractivity contribution is -0.135. The highest BCUT2D eigenvalue weighted by molar-refractivity contribution is 5.92. The van der Waals surface area contributed by atoms with Gasteiger partial charge in [-0.25, -0.2) is 4.98 Å². The number of carbonyl (C=O) groups is 2. The minimum absolute atomic E-state index is 0.197. The van der Waals surface area contributed by atoms with E-state index in [1.54, 1.807) is 39.4 Å². The molecule has 2 amide bonds. The van der Waals surface area contributed by atoms with Crippen molar-refractivity contribution < 1.29 is 14.3 Å². The van der Waals surface area contributed by atoms with Gasteiger partial charge in [-0.1, -0.05) is 24.0 Å². The van der Waals surface area contributed by atoms with E-state index in [4.69, 9.17) is 4.74 Å². The molecular weight excluding hydrogens is 496 g/mol. The summed E-state index contributed by atoms with van der Waals surface area (Å²) in [6, 6.07) is 5.24. The van der Waals surface area contributed by atoms with Crippen molar-refractivity contribution in [2.45, 2.75) is 44.7 Å². The molecule has 0 saturated heterocycles. The Bertz CT molecular complexity index is 1220. The molecule has 11 heteroatoms. The first-order chi connectivity index (χ1) is 18.8. The van der Waals surface area contributed by atoms with Crippen LogP contribution in [0.1, 0.15) is 38.2 Å². The molecule has 3 rings (SSSR count). The normalized spacial score (nSPS) is 13.4. The number of rotatable bonds is 13. The van der Waals surface area contributed by atoms with E-state index in [-0.39, 0.29) is 11.8 Å². The summed E-state index contributed by atoms with van der Waals surface area (Å²) in [6.07, 6.45) is 8.43. The average molecular weight is 535 g/mol. The summed E-state index contributed by atoms with van der Waals surface area (Å²) in [4.78, 5) is 41.4. The molecule has 1 saturated carbocycles. The Morgan fingerprint density at radius 1 is 1.23 bits per heavy atom. The summed E-state index contributed by atoms with van der Waals surface area (Å²) in [5.74, 6) is 8.07. The van der Waals surface area contributed by atoms with Crippen molar-refractivity contribution in [3.63, 3.8) is 0 Å². The second-order valence-electron chi connectivity index (χ2n) is 9.55. The Hall–Kier alpha value is -4.17. The average Bonchev–Trinajstić information content (AvgIpc) is 3.74. The lowest BCUT2D eigenvalue weighted by atomic mass is 10.2. The number of ether oxygens (including phenoxy) is 1. The highest BCUT2D eigenvalue weighted by Crippen LogP contribution is 2.26. The van der Waals surface area contributed by atoms with E-state index < -0.39 is 6.04 Å². The number of anilines is 3. The topological polar surface area (TPSA) is 125 Å². The zero-order valence-electron chi connectivity index (χ0n) is 23.3. The number of unbranched alkanes of at least 4 members (excludes halogenated alkanes) is 1. The number of methoxy groups -OCH3 is 1. The summed E-state index contributed by atoms with van der Waals surface area (Å²) in [5.41, 5.74) is 0.714. The molecule has 1 aliphatic carbocycles. The van der Waals surface area contributed by atoms with Gasteiger partial charge in [-0.15, -0.1) is 0 Å². The quantitative estimate of drug-likeness (QED) is 0.202. The van der Waals surface area contributed by atoms with Crippen LogP contribution >= 0.6 is 0 Å². The third-order valence-electron chi connectivity index (χ3n) is 5.92. The molecule has 1 fully saturated rings. The molecule has 1 atom stereocenters. The van der Waals surface area contributed by atoms with Crippen molar-refractivity contribution in [2.75, 3.05) is 52.0 Å². The number of carbonyl (C=O) groups excluding carboxylic acids is 2. The molecule has 2 aromatic heterocycles. The number of pyridine rings is 1. The summed E-state index contributed by atoms with van der Waals surface area (Å²) >= 11 is 0. The minimum Gasteiger partial charge on any atom is -0.481 e. The number of likely N-dealkylation sites (N-methyl/N-ethyl adjacent to an activating group) is 2. The predicted molar refractivity (Wildman–Crippen MR) is 152 cm³/mol. The van der Waals surface area contributed by atoms with Crippen molar-refractivity contribution in [2.24, 2.45) is 0 Å². The third kappa shape index (κ3) is 9.90. The lowest BCUT2D eigenvalue weighted by Crippen LogP contribution is -2.45. The molecule has 0 spiro atoms. The fourth-order valence-corrected chi connectivity index (χ4v) is 3.32. The van der Waals surface area contributed by atoms with Gasteiger partial charge < -0.3 is 30.5 Å². The van der Waals surface area contributed by atoms with Crippen molar-refractivity contribution in [1.82, 2.24) is 30.1 Å². The number of hydrogen-bond donors (Lipinski definition) is 3. The van der Waals surface area contributed by atoms with Crippen LogP contribution in [0, 0.1) is 11.8 Å². The molecule has 2 aromatic rings. The molecule has 208 valence electrons. The largest absolute Gasteiger partial charge is 0.481 e. The van der Waals surface area contributed by atoms with Gasteiger partial charge in [0.25, 0.3) is 0 Å². The fourth-order valence-electron chi connectivity index (χ4n) is 3.32. The highest BCUT2D eigenvalue weighted by atomic mass is 16.5. The molecular formula is C28H38N8O3.